The fourth-order valence-corrected chi connectivity index (χ4v) is 2.61. The maximum Gasteiger partial charge on any atom is 0.263 e. The molecule has 0 bridgehead atoms. The van der Waals surface area contributed by atoms with Gasteiger partial charge in [0, 0.05) is 14.2 Å². The van der Waals surface area contributed by atoms with Gasteiger partial charge in [0.2, 0.25) is 0 Å². The highest BCUT2D eigenvalue weighted by molar-refractivity contribution is 7.13. The fourth-order valence-electron chi connectivity index (χ4n) is 1.43. The molecule has 0 saturated heterocycles. The van der Waals surface area contributed by atoms with Crippen molar-refractivity contribution >= 4 is 28.8 Å². The molecule has 0 saturated carbocycles. The van der Waals surface area contributed by atoms with Crippen molar-refractivity contribution in [2.24, 2.45) is 0 Å². The van der Waals surface area contributed by atoms with Crippen LogP contribution < -0.4 is 5.32 Å². The number of ether oxygens (including phenoxy) is 2. The zero-order chi connectivity index (χ0) is 13.0. The van der Waals surface area contributed by atoms with E-state index >= 15 is 0 Å². The third-order valence-electron chi connectivity index (χ3n) is 2.34. The molecular weight excluding hydrogens is 262 g/mol. The molecule has 0 spiro atoms. The molecule has 0 aliphatic heterocycles. The lowest BCUT2D eigenvalue weighted by Crippen LogP contribution is -2.42. The topological polar surface area (TPSA) is 47.6 Å². The standard InChI is InChI=1S/C11H16ClNO3S/c1-6-5-17-9(8(6)12)10(14)13-7(2)11(15-3)16-4/h5,7,11H,1-4H3,(H,13,14). The van der Waals surface area contributed by atoms with Crippen molar-refractivity contribution in [2.45, 2.75) is 26.2 Å². The molecule has 1 atom stereocenters. The zero-order valence-corrected chi connectivity index (χ0v) is 11.8. The molecule has 1 N–H and O–H groups in total. The van der Waals surface area contributed by atoms with Gasteiger partial charge >= 0.3 is 0 Å². The van der Waals surface area contributed by atoms with Gasteiger partial charge in [-0.3, -0.25) is 4.79 Å². The number of carbonyl (C=O) groups is 1. The second kappa shape index (κ2) is 6.35. The van der Waals surface area contributed by atoms with Crippen molar-refractivity contribution in [1.82, 2.24) is 5.32 Å². The summed E-state index contributed by atoms with van der Waals surface area (Å²) in [5.74, 6) is -0.209. The van der Waals surface area contributed by atoms with Gasteiger partial charge in [-0.25, -0.2) is 0 Å². The van der Waals surface area contributed by atoms with E-state index in [1.165, 1.54) is 25.6 Å². The Morgan fingerprint density at radius 1 is 1.47 bits per heavy atom. The molecule has 1 aromatic heterocycles. The Hall–Kier alpha value is -0.620. The van der Waals surface area contributed by atoms with Crippen LogP contribution in [0.5, 0.6) is 0 Å². The van der Waals surface area contributed by atoms with Crippen LogP contribution in [0.15, 0.2) is 5.38 Å². The van der Waals surface area contributed by atoms with Crippen molar-refractivity contribution in [3.8, 4) is 0 Å². The molecule has 96 valence electrons. The van der Waals surface area contributed by atoms with Crippen LogP contribution in [0, 0.1) is 6.92 Å². The first kappa shape index (κ1) is 14.4. The van der Waals surface area contributed by atoms with Crippen molar-refractivity contribution in [1.29, 1.82) is 0 Å². The number of carbonyl (C=O) groups excluding carboxylic acids is 1. The number of hydrogen-bond acceptors (Lipinski definition) is 4. The monoisotopic (exact) mass is 277 g/mol. The summed E-state index contributed by atoms with van der Waals surface area (Å²) in [6, 6.07) is -0.254. The van der Waals surface area contributed by atoms with E-state index in [-0.39, 0.29) is 11.9 Å². The van der Waals surface area contributed by atoms with Gasteiger partial charge in [-0.1, -0.05) is 11.6 Å². The van der Waals surface area contributed by atoms with Crippen LogP contribution >= 0.6 is 22.9 Å². The number of hydrogen-bond donors (Lipinski definition) is 1. The van der Waals surface area contributed by atoms with E-state index in [1.807, 2.05) is 19.2 Å². The zero-order valence-electron chi connectivity index (χ0n) is 10.2. The Morgan fingerprint density at radius 2 is 2.06 bits per heavy atom. The minimum atomic E-state index is -0.473. The maximum atomic E-state index is 11.9. The average molecular weight is 278 g/mol. The Kier molecular flexibility index (Phi) is 5.39. The van der Waals surface area contributed by atoms with E-state index in [4.69, 9.17) is 21.1 Å². The average Bonchev–Trinajstić information content (AvgIpc) is 2.61. The van der Waals surface area contributed by atoms with Crippen LogP contribution in [0.2, 0.25) is 5.02 Å². The lowest BCUT2D eigenvalue weighted by molar-refractivity contribution is -0.117. The smallest absolute Gasteiger partial charge is 0.263 e. The molecule has 0 aliphatic rings. The van der Waals surface area contributed by atoms with Gasteiger partial charge in [0.15, 0.2) is 6.29 Å². The molecule has 4 nitrogen and oxygen atoms in total. The number of nitrogens with one attached hydrogen (secondary N) is 1. The molecule has 0 aliphatic carbocycles. The molecule has 1 unspecified atom stereocenters. The molecule has 0 fully saturated rings. The maximum absolute atomic E-state index is 11.9. The molecule has 1 aromatic rings. The van der Waals surface area contributed by atoms with Crippen LogP contribution in [-0.2, 0) is 9.47 Å². The van der Waals surface area contributed by atoms with Crippen LogP contribution in [0.25, 0.3) is 0 Å². The summed E-state index contributed by atoms with van der Waals surface area (Å²) in [5.41, 5.74) is 0.907. The van der Waals surface area contributed by atoms with Gasteiger partial charge in [0.05, 0.1) is 11.1 Å². The predicted molar refractivity (Wildman–Crippen MR) is 68.8 cm³/mol. The van der Waals surface area contributed by atoms with Gasteiger partial charge < -0.3 is 14.8 Å². The molecule has 6 heteroatoms. The predicted octanol–water partition coefficient (Wildman–Crippen LogP) is 2.45. The molecule has 0 aromatic carbocycles. The van der Waals surface area contributed by atoms with Crippen molar-refractivity contribution in [3.63, 3.8) is 0 Å². The molecule has 17 heavy (non-hydrogen) atoms. The molecule has 1 rings (SSSR count). The first-order chi connectivity index (χ1) is 8.01. The van der Waals surface area contributed by atoms with E-state index in [0.717, 1.165) is 5.56 Å². The number of aryl methyl sites for hydroxylation is 1. The van der Waals surface area contributed by atoms with Gasteiger partial charge in [-0.05, 0) is 24.8 Å². The lowest BCUT2D eigenvalue weighted by Gasteiger charge is -2.21. The van der Waals surface area contributed by atoms with Crippen molar-refractivity contribution < 1.29 is 14.3 Å². The van der Waals surface area contributed by atoms with Gasteiger partial charge in [0.25, 0.3) is 5.91 Å². The lowest BCUT2D eigenvalue weighted by atomic mass is 10.3. The Labute approximate surface area is 110 Å². The normalized spacial score (nSPS) is 12.8. The highest BCUT2D eigenvalue weighted by Crippen LogP contribution is 2.27. The number of halogens is 1. The highest BCUT2D eigenvalue weighted by atomic mass is 35.5. The first-order valence-electron chi connectivity index (χ1n) is 5.11. The number of methoxy groups -OCH3 is 2. The third kappa shape index (κ3) is 3.42. The summed E-state index contributed by atoms with van der Waals surface area (Å²) >= 11 is 7.35. The van der Waals surface area contributed by atoms with E-state index in [0.29, 0.717) is 9.90 Å². The Morgan fingerprint density at radius 3 is 2.47 bits per heavy atom. The number of amides is 1. The molecule has 0 radical (unpaired) electrons. The summed E-state index contributed by atoms with van der Waals surface area (Å²) in [7, 11) is 3.05. The van der Waals surface area contributed by atoms with E-state index in [1.54, 1.807) is 0 Å². The summed E-state index contributed by atoms with van der Waals surface area (Å²) in [4.78, 5) is 12.4. The summed E-state index contributed by atoms with van der Waals surface area (Å²) in [5, 5.41) is 5.15. The quantitative estimate of drug-likeness (QED) is 0.841. The first-order valence-corrected chi connectivity index (χ1v) is 6.37. The van der Waals surface area contributed by atoms with Gasteiger partial charge in [-0.2, -0.15) is 0 Å². The second-order valence-electron chi connectivity index (χ2n) is 3.66. The highest BCUT2D eigenvalue weighted by Gasteiger charge is 2.21. The van der Waals surface area contributed by atoms with Crippen LogP contribution in [0.1, 0.15) is 22.2 Å². The van der Waals surface area contributed by atoms with Crippen LogP contribution in [0.4, 0.5) is 0 Å². The minimum absolute atomic E-state index is 0.209. The number of thiophene rings is 1. The number of rotatable bonds is 5. The third-order valence-corrected chi connectivity index (χ3v) is 4.03. The SMILES string of the molecule is COC(OC)C(C)NC(=O)c1scc(C)c1Cl. The summed E-state index contributed by atoms with van der Waals surface area (Å²) in [6.07, 6.45) is -0.473. The largest absolute Gasteiger partial charge is 0.354 e. The van der Waals surface area contributed by atoms with E-state index in [9.17, 15) is 4.79 Å². The molecule has 1 amide bonds. The van der Waals surface area contributed by atoms with Crippen LogP contribution in [0.3, 0.4) is 0 Å². The van der Waals surface area contributed by atoms with Crippen LogP contribution in [-0.4, -0.2) is 32.5 Å². The van der Waals surface area contributed by atoms with E-state index in [2.05, 4.69) is 5.32 Å². The van der Waals surface area contributed by atoms with Gasteiger partial charge in [-0.15, -0.1) is 11.3 Å². The summed E-state index contributed by atoms with van der Waals surface area (Å²) < 4.78 is 10.1. The summed E-state index contributed by atoms with van der Waals surface area (Å²) in [6.45, 7) is 3.68. The minimum Gasteiger partial charge on any atom is -0.354 e. The molecule has 1 heterocycles. The Bertz CT molecular complexity index is 390. The van der Waals surface area contributed by atoms with Crippen molar-refractivity contribution in [3.05, 3.63) is 20.8 Å². The second-order valence-corrected chi connectivity index (χ2v) is 4.92. The van der Waals surface area contributed by atoms with E-state index < -0.39 is 6.29 Å². The fraction of sp³-hybridized carbons (Fsp3) is 0.545. The Balaban J connectivity index is 2.69. The van der Waals surface area contributed by atoms with Gasteiger partial charge in [0.1, 0.15) is 4.88 Å². The van der Waals surface area contributed by atoms with Crippen molar-refractivity contribution in [2.75, 3.05) is 14.2 Å². The molecular formula is C11H16ClNO3S.